The lowest BCUT2D eigenvalue weighted by atomic mass is 10.3. The van der Waals surface area contributed by atoms with Crippen molar-refractivity contribution in [2.75, 3.05) is 0 Å². The molecule has 1 fully saturated rings. The summed E-state index contributed by atoms with van der Waals surface area (Å²) in [7, 11) is 0. The highest BCUT2D eigenvalue weighted by molar-refractivity contribution is 5.99. The summed E-state index contributed by atoms with van der Waals surface area (Å²) >= 11 is 0. The molecule has 3 aromatic heterocycles. The summed E-state index contributed by atoms with van der Waals surface area (Å²) in [5.41, 5.74) is 1.31. The van der Waals surface area contributed by atoms with Crippen LogP contribution in [-0.2, 0) is 6.54 Å². The van der Waals surface area contributed by atoms with Crippen molar-refractivity contribution in [3.8, 4) is 0 Å². The van der Waals surface area contributed by atoms with Gasteiger partial charge in [0.2, 0.25) is 0 Å². The first-order valence-corrected chi connectivity index (χ1v) is 7.34. The molecule has 110 valence electrons. The van der Waals surface area contributed by atoms with Crippen LogP contribution in [0.1, 0.15) is 40.9 Å². The Labute approximate surface area is 127 Å². The number of nitrogens with one attached hydrogen (secondary N) is 1. The molecule has 0 radical (unpaired) electrons. The lowest BCUT2D eigenvalue weighted by Crippen LogP contribution is -2.24. The van der Waals surface area contributed by atoms with Crippen LogP contribution in [0.15, 0.2) is 42.9 Å². The second kappa shape index (κ2) is 5.22. The first-order chi connectivity index (χ1) is 10.8. The van der Waals surface area contributed by atoms with Crippen LogP contribution < -0.4 is 5.32 Å². The Morgan fingerprint density at radius 3 is 2.82 bits per heavy atom. The number of pyridine rings is 1. The Kier molecular flexibility index (Phi) is 3.07. The molecule has 6 nitrogen and oxygen atoms in total. The van der Waals surface area contributed by atoms with Crippen molar-refractivity contribution in [1.29, 1.82) is 0 Å². The molecule has 0 aliphatic heterocycles. The van der Waals surface area contributed by atoms with Crippen LogP contribution in [0.25, 0.3) is 5.52 Å². The van der Waals surface area contributed by atoms with E-state index in [1.54, 1.807) is 18.5 Å². The third-order valence-electron chi connectivity index (χ3n) is 3.76. The fourth-order valence-electron chi connectivity index (χ4n) is 2.52. The summed E-state index contributed by atoms with van der Waals surface area (Å²) in [6, 6.07) is 7.55. The van der Waals surface area contributed by atoms with Gasteiger partial charge in [0, 0.05) is 24.5 Å². The lowest BCUT2D eigenvalue weighted by molar-refractivity contribution is 0.0947. The average Bonchev–Trinajstić information content (AvgIpc) is 3.34. The topological polar surface area (TPSA) is 72.2 Å². The Bertz CT molecular complexity index is 823. The van der Waals surface area contributed by atoms with E-state index in [4.69, 9.17) is 0 Å². The van der Waals surface area contributed by atoms with E-state index in [1.807, 2.05) is 28.8 Å². The molecule has 1 aliphatic rings. The van der Waals surface area contributed by atoms with Crippen LogP contribution in [0.3, 0.4) is 0 Å². The summed E-state index contributed by atoms with van der Waals surface area (Å²) in [6.45, 7) is 0.296. The quantitative estimate of drug-likeness (QED) is 0.798. The molecule has 0 saturated heterocycles. The van der Waals surface area contributed by atoms with E-state index < -0.39 is 0 Å². The zero-order valence-electron chi connectivity index (χ0n) is 11.9. The van der Waals surface area contributed by atoms with Crippen molar-refractivity contribution in [2.24, 2.45) is 0 Å². The van der Waals surface area contributed by atoms with E-state index >= 15 is 0 Å². The predicted molar refractivity (Wildman–Crippen MR) is 80.4 cm³/mol. The SMILES string of the molecule is O=C(NCc1ncccn1)c1nc(C2CC2)n2ccccc12. The molecule has 0 unspecified atom stereocenters. The van der Waals surface area contributed by atoms with Crippen molar-refractivity contribution in [2.45, 2.75) is 25.3 Å². The Morgan fingerprint density at radius 2 is 2.05 bits per heavy atom. The van der Waals surface area contributed by atoms with Crippen molar-refractivity contribution in [3.05, 3.63) is 60.2 Å². The third kappa shape index (κ3) is 2.32. The van der Waals surface area contributed by atoms with Crippen molar-refractivity contribution in [1.82, 2.24) is 24.7 Å². The first-order valence-electron chi connectivity index (χ1n) is 7.34. The molecule has 3 aromatic rings. The molecular formula is C16H15N5O. The first kappa shape index (κ1) is 12.9. The predicted octanol–water partition coefficient (Wildman–Crippen LogP) is 1.93. The zero-order chi connectivity index (χ0) is 14.9. The van der Waals surface area contributed by atoms with E-state index in [0.29, 0.717) is 24.0 Å². The van der Waals surface area contributed by atoms with Crippen LogP contribution in [0, 0.1) is 0 Å². The standard InChI is InChI=1S/C16H15N5O/c22-16(19-10-13-17-7-3-8-18-13)14-12-4-1-2-9-21(12)15(20-14)11-5-6-11/h1-4,7-9,11H,5-6,10H2,(H,19,22). The number of amides is 1. The number of hydrogen-bond donors (Lipinski definition) is 1. The van der Waals surface area contributed by atoms with Gasteiger partial charge in [0.05, 0.1) is 12.1 Å². The Morgan fingerprint density at radius 1 is 1.23 bits per heavy atom. The zero-order valence-corrected chi connectivity index (χ0v) is 11.9. The minimum atomic E-state index is -0.192. The summed E-state index contributed by atoms with van der Waals surface area (Å²) in [5, 5.41) is 2.84. The number of fused-ring (bicyclic) bond motifs is 1. The van der Waals surface area contributed by atoms with Crippen LogP contribution in [-0.4, -0.2) is 25.3 Å². The highest BCUT2D eigenvalue weighted by Gasteiger charge is 2.30. The number of nitrogens with zero attached hydrogens (tertiary/aromatic N) is 4. The molecule has 0 bridgehead atoms. The van der Waals surface area contributed by atoms with Crippen LogP contribution in [0.2, 0.25) is 0 Å². The Hall–Kier alpha value is -2.76. The second-order valence-corrected chi connectivity index (χ2v) is 5.40. The largest absolute Gasteiger partial charge is 0.343 e. The number of hydrogen-bond acceptors (Lipinski definition) is 4. The molecule has 0 spiro atoms. The van der Waals surface area contributed by atoms with E-state index in [9.17, 15) is 4.79 Å². The average molecular weight is 293 g/mol. The smallest absolute Gasteiger partial charge is 0.272 e. The fraction of sp³-hybridized carbons (Fsp3) is 0.250. The van der Waals surface area contributed by atoms with Gasteiger partial charge in [-0.2, -0.15) is 0 Å². The van der Waals surface area contributed by atoms with Gasteiger partial charge < -0.3 is 9.72 Å². The third-order valence-corrected chi connectivity index (χ3v) is 3.76. The van der Waals surface area contributed by atoms with Crippen molar-refractivity contribution < 1.29 is 4.79 Å². The van der Waals surface area contributed by atoms with Gasteiger partial charge in [-0.3, -0.25) is 4.79 Å². The van der Waals surface area contributed by atoms with Gasteiger partial charge in [-0.05, 0) is 31.0 Å². The molecule has 1 N–H and O–H groups in total. The number of aromatic nitrogens is 4. The maximum atomic E-state index is 12.4. The van der Waals surface area contributed by atoms with Gasteiger partial charge >= 0.3 is 0 Å². The molecule has 1 aliphatic carbocycles. The molecule has 3 heterocycles. The van der Waals surface area contributed by atoms with Gasteiger partial charge in [-0.15, -0.1) is 0 Å². The van der Waals surface area contributed by atoms with Crippen LogP contribution in [0.5, 0.6) is 0 Å². The number of rotatable bonds is 4. The van der Waals surface area contributed by atoms with Gasteiger partial charge in [0.15, 0.2) is 5.69 Å². The molecule has 1 amide bonds. The van der Waals surface area contributed by atoms with E-state index in [0.717, 1.165) is 24.2 Å². The minimum absolute atomic E-state index is 0.192. The molecule has 1 saturated carbocycles. The normalized spacial score (nSPS) is 14.2. The monoisotopic (exact) mass is 293 g/mol. The highest BCUT2D eigenvalue weighted by Crippen LogP contribution is 2.39. The maximum absolute atomic E-state index is 12.4. The van der Waals surface area contributed by atoms with Crippen molar-refractivity contribution in [3.63, 3.8) is 0 Å². The van der Waals surface area contributed by atoms with E-state index in [-0.39, 0.29) is 5.91 Å². The van der Waals surface area contributed by atoms with Crippen LogP contribution >= 0.6 is 0 Å². The van der Waals surface area contributed by atoms with Gasteiger partial charge in [0.25, 0.3) is 5.91 Å². The summed E-state index contributed by atoms with van der Waals surface area (Å²) < 4.78 is 2.02. The second-order valence-electron chi connectivity index (χ2n) is 5.40. The molecule has 4 rings (SSSR count). The van der Waals surface area contributed by atoms with Gasteiger partial charge in [0.1, 0.15) is 11.6 Å². The van der Waals surface area contributed by atoms with Crippen LogP contribution in [0.4, 0.5) is 0 Å². The molecule has 0 atom stereocenters. The summed E-state index contributed by atoms with van der Waals surface area (Å²) in [6.07, 6.45) is 7.57. The van der Waals surface area contributed by atoms with Gasteiger partial charge in [-0.1, -0.05) is 6.07 Å². The summed E-state index contributed by atoms with van der Waals surface area (Å²) in [5.74, 6) is 1.86. The van der Waals surface area contributed by atoms with E-state index in [2.05, 4.69) is 20.3 Å². The number of carbonyl (C=O) groups excluding carboxylic acids is 1. The minimum Gasteiger partial charge on any atom is -0.343 e. The van der Waals surface area contributed by atoms with Gasteiger partial charge in [-0.25, -0.2) is 15.0 Å². The maximum Gasteiger partial charge on any atom is 0.272 e. The molecular weight excluding hydrogens is 278 g/mol. The lowest BCUT2D eigenvalue weighted by Gasteiger charge is -2.02. The Balaban J connectivity index is 1.61. The molecule has 22 heavy (non-hydrogen) atoms. The summed E-state index contributed by atoms with van der Waals surface area (Å²) in [4.78, 5) is 25.2. The number of carbonyl (C=O) groups is 1. The fourth-order valence-corrected chi connectivity index (χ4v) is 2.52. The molecule has 6 heteroatoms. The van der Waals surface area contributed by atoms with Crippen molar-refractivity contribution >= 4 is 11.4 Å². The highest BCUT2D eigenvalue weighted by atomic mass is 16.1. The van der Waals surface area contributed by atoms with E-state index in [1.165, 1.54) is 0 Å². The number of imidazole rings is 1. The molecule has 0 aromatic carbocycles.